The maximum atomic E-state index is 12.2. The van der Waals surface area contributed by atoms with Gasteiger partial charge < -0.3 is 24.4 Å². The van der Waals surface area contributed by atoms with E-state index in [1.165, 1.54) is 13.3 Å². The summed E-state index contributed by atoms with van der Waals surface area (Å²) in [5, 5.41) is 27.1. The number of rotatable bonds is 6. The standard InChI is InChI=1S/C13H21N3O6/c1-7-5-16(13(19)15-11(7)14)12-10(21-4-3-20-2)9(18)8(6-17)22-12/h5,8-10,12,17-18H,3-4,6H2,1-2H3,(H2,14,15,19)/t8-,9-,10-,12-/m1/s1/i/hD. The van der Waals surface area contributed by atoms with Crippen LogP contribution < -0.4 is 11.2 Å². The quantitative estimate of drug-likeness (QED) is 0.460. The topological polar surface area (TPSA) is 130 Å². The largest absolute Gasteiger partial charge is 0.394 e. The number of nitrogens with zero attached hydrogens (tertiary/aromatic N) is 1. The van der Waals surface area contributed by atoms with E-state index in [4.69, 9.17) is 21.0 Å². The minimum atomic E-state index is -1.14. The fourth-order valence-electron chi connectivity index (χ4n) is 2.29. The molecule has 0 amide bonds. The van der Waals surface area contributed by atoms with Gasteiger partial charge in [0.05, 0.1) is 19.8 Å². The molecule has 0 radical (unpaired) electrons. The zero-order chi connectivity index (χ0) is 17.1. The molecular formula is C13H21N3O6. The summed E-state index contributed by atoms with van der Waals surface area (Å²) in [7, 11) is 1.50. The first-order chi connectivity index (χ1) is 10.9. The number of hydrogen-bond donors (Lipinski definition) is 4. The van der Waals surface area contributed by atoms with Gasteiger partial charge in [0.2, 0.25) is 0 Å². The number of nitrogens with one attached hydrogen (secondary N) is 2. The molecule has 0 saturated carbocycles. The Balaban J connectivity index is 2.39. The minimum Gasteiger partial charge on any atom is -0.394 e. The van der Waals surface area contributed by atoms with Crippen molar-refractivity contribution >= 4 is 0 Å². The van der Waals surface area contributed by atoms with Crippen LogP contribution in [0.2, 0.25) is 1.41 Å². The molecule has 1 aliphatic heterocycles. The molecular weight excluding hydrogens is 294 g/mol. The predicted octanol–water partition coefficient (Wildman–Crippen LogP) is -1.75. The Kier molecular flexibility index (Phi) is 5.01. The number of H-pyrrole nitrogens is 1. The molecule has 22 heavy (non-hydrogen) atoms. The lowest BCUT2D eigenvalue weighted by molar-refractivity contribution is -0.0820. The Morgan fingerprint density at radius 1 is 1.59 bits per heavy atom. The molecule has 1 fully saturated rings. The van der Waals surface area contributed by atoms with Gasteiger partial charge in [0.1, 0.15) is 23.8 Å². The highest BCUT2D eigenvalue weighted by molar-refractivity contribution is 5.01. The molecule has 0 spiro atoms. The number of hydrogen-bond acceptors (Lipinski definition) is 7. The maximum Gasteiger partial charge on any atom is 0.329 e. The minimum absolute atomic E-state index is 0.168. The fraction of sp³-hybridized carbons (Fsp3) is 0.692. The summed E-state index contributed by atoms with van der Waals surface area (Å²) in [6, 6.07) is 0. The van der Waals surface area contributed by atoms with E-state index < -0.39 is 36.8 Å². The second-order valence-electron chi connectivity index (χ2n) is 5.03. The first-order valence-electron chi connectivity index (χ1n) is 7.30. The molecule has 1 saturated heterocycles. The van der Waals surface area contributed by atoms with Gasteiger partial charge in [0, 0.05) is 18.9 Å². The van der Waals surface area contributed by atoms with Crippen molar-refractivity contribution in [2.45, 2.75) is 31.5 Å². The highest BCUT2D eigenvalue weighted by Gasteiger charge is 2.45. The number of aryl methyl sites for hydroxylation is 1. The van der Waals surface area contributed by atoms with Gasteiger partial charge >= 0.3 is 5.69 Å². The summed E-state index contributed by atoms with van der Waals surface area (Å²) < 4.78 is 24.7. The molecule has 1 aliphatic rings. The van der Waals surface area contributed by atoms with Gasteiger partial charge in [-0.1, -0.05) is 0 Å². The van der Waals surface area contributed by atoms with Crippen LogP contribution >= 0.6 is 0 Å². The van der Waals surface area contributed by atoms with Crippen LogP contribution in [0.4, 0.5) is 0 Å². The zero-order valence-corrected chi connectivity index (χ0v) is 12.4. The summed E-state index contributed by atoms with van der Waals surface area (Å²) in [4.78, 5) is 12.7. The maximum absolute atomic E-state index is 12.2. The molecule has 0 aromatic carbocycles. The molecule has 1 aromatic heterocycles. The molecule has 0 unspecified atom stereocenters. The summed E-state index contributed by atoms with van der Waals surface area (Å²) in [6.45, 7) is 1.60. The van der Waals surface area contributed by atoms with Crippen LogP contribution in [0.15, 0.2) is 11.0 Å². The molecule has 9 nitrogen and oxygen atoms in total. The van der Waals surface area contributed by atoms with Gasteiger partial charge in [-0.05, 0) is 6.92 Å². The molecule has 2 heterocycles. The average molecular weight is 316 g/mol. The molecule has 0 bridgehead atoms. The normalized spacial score (nSPS) is 28.8. The smallest absolute Gasteiger partial charge is 0.329 e. The molecule has 4 atom stereocenters. The Morgan fingerprint density at radius 2 is 2.32 bits per heavy atom. The van der Waals surface area contributed by atoms with Crippen molar-refractivity contribution in [2.75, 3.05) is 26.9 Å². The molecule has 2 rings (SSSR count). The third-order valence-corrected chi connectivity index (χ3v) is 3.50. The third-order valence-electron chi connectivity index (χ3n) is 3.50. The molecule has 9 heteroatoms. The van der Waals surface area contributed by atoms with Crippen LogP contribution in [-0.4, -0.2) is 65.0 Å². The van der Waals surface area contributed by atoms with Crippen molar-refractivity contribution in [1.29, 1.82) is 5.41 Å². The number of aromatic amines is 1. The zero-order valence-electron chi connectivity index (χ0n) is 13.4. The monoisotopic (exact) mass is 316 g/mol. The van der Waals surface area contributed by atoms with Crippen molar-refractivity contribution in [2.24, 2.45) is 0 Å². The van der Waals surface area contributed by atoms with E-state index in [9.17, 15) is 15.0 Å². The fourth-order valence-corrected chi connectivity index (χ4v) is 2.29. The van der Waals surface area contributed by atoms with Crippen LogP contribution in [0, 0.1) is 12.3 Å². The first-order valence-corrected chi connectivity index (χ1v) is 6.86. The van der Waals surface area contributed by atoms with Gasteiger partial charge in [0.25, 0.3) is 0 Å². The van der Waals surface area contributed by atoms with Crippen molar-refractivity contribution in [3.05, 3.63) is 27.7 Å². The Morgan fingerprint density at radius 3 is 2.95 bits per heavy atom. The Bertz CT molecular complexity index is 660. The van der Waals surface area contributed by atoms with E-state index in [2.05, 4.69) is 0 Å². The lowest BCUT2D eigenvalue weighted by Crippen LogP contribution is -2.40. The van der Waals surface area contributed by atoms with E-state index in [1.54, 1.807) is 6.92 Å². The number of aromatic nitrogens is 2. The van der Waals surface area contributed by atoms with Gasteiger partial charge in [0.15, 0.2) is 7.64 Å². The Hall–Kier alpha value is -1.52. The third kappa shape index (κ3) is 3.28. The second-order valence-corrected chi connectivity index (χ2v) is 5.03. The number of aliphatic hydroxyl groups is 2. The average Bonchev–Trinajstić information content (AvgIpc) is 2.85. The van der Waals surface area contributed by atoms with E-state index in [1.807, 2.05) is 0 Å². The lowest BCUT2D eigenvalue weighted by Gasteiger charge is -2.22. The van der Waals surface area contributed by atoms with Crippen molar-refractivity contribution < 1.29 is 25.8 Å². The first kappa shape index (κ1) is 15.4. The number of aliphatic hydroxyl groups excluding tert-OH is 2. The van der Waals surface area contributed by atoms with Gasteiger partial charge in [-0.15, -0.1) is 0 Å². The highest BCUT2D eigenvalue weighted by atomic mass is 16.6. The summed E-state index contributed by atoms with van der Waals surface area (Å²) in [5.74, 6) is 0. The van der Waals surface area contributed by atoms with E-state index in [0.717, 1.165) is 4.57 Å². The summed E-state index contributed by atoms with van der Waals surface area (Å²) >= 11 is 0. The Labute approximate surface area is 128 Å². The van der Waals surface area contributed by atoms with Gasteiger partial charge in [-0.2, -0.15) is 0 Å². The van der Waals surface area contributed by atoms with Crippen molar-refractivity contribution in [3.8, 4) is 0 Å². The second kappa shape index (κ2) is 7.16. The van der Waals surface area contributed by atoms with Crippen LogP contribution in [0.5, 0.6) is 0 Å². The van der Waals surface area contributed by atoms with Crippen LogP contribution in [0.3, 0.4) is 0 Å². The van der Waals surface area contributed by atoms with Crippen LogP contribution in [0.25, 0.3) is 0 Å². The van der Waals surface area contributed by atoms with E-state index in [-0.39, 0.29) is 18.7 Å². The molecule has 0 aliphatic carbocycles. The van der Waals surface area contributed by atoms with Crippen molar-refractivity contribution in [3.63, 3.8) is 0 Å². The molecule has 124 valence electrons. The van der Waals surface area contributed by atoms with E-state index >= 15 is 0 Å². The lowest BCUT2D eigenvalue weighted by atomic mass is 10.1. The predicted molar refractivity (Wildman–Crippen MR) is 74.3 cm³/mol. The van der Waals surface area contributed by atoms with E-state index in [0.29, 0.717) is 10.5 Å². The SMILES string of the molecule is [2H]n1c(=N)c(C)cn([C@@H]2O[C@H](CO)[C@@H](O)[C@H]2OCCOC)c1=O. The van der Waals surface area contributed by atoms with Crippen LogP contribution in [0.1, 0.15) is 11.8 Å². The van der Waals surface area contributed by atoms with Gasteiger partial charge in [-0.25, -0.2) is 4.79 Å². The number of methoxy groups -OCH3 is 1. The summed E-state index contributed by atoms with van der Waals surface area (Å²) in [6.07, 6.45) is -2.59. The van der Waals surface area contributed by atoms with Gasteiger partial charge in [-0.3, -0.25) is 15.0 Å². The number of ether oxygens (including phenoxy) is 3. The summed E-state index contributed by atoms with van der Waals surface area (Å²) in [5.41, 5.74) is -0.641. The van der Waals surface area contributed by atoms with Crippen molar-refractivity contribution in [1.82, 2.24) is 9.54 Å². The molecule has 4 N–H and O–H groups in total. The highest BCUT2D eigenvalue weighted by Crippen LogP contribution is 2.30. The van der Waals surface area contributed by atoms with Crippen LogP contribution in [-0.2, 0) is 14.2 Å². The molecule has 1 aromatic rings.